The second kappa shape index (κ2) is 4.97. The molecule has 1 rings (SSSR count). The number of aliphatic hydroxyl groups excluding tert-OH is 1. The predicted molar refractivity (Wildman–Crippen MR) is 65.2 cm³/mol. The van der Waals surface area contributed by atoms with E-state index < -0.39 is 0 Å². The summed E-state index contributed by atoms with van der Waals surface area (Å²) in [5, 5.41) is 17.3. The highest BCUT2D eigenvalue weighted by molar-refractivity contribution is 5.09. The fraction of sp³-hybridized carbons (Fsp3) is 0.750. The molecule has 0 bridgehead atoms. The second-order valence-electron chi connectivity index (χ2n) is 4.84. The molecule has 92 valence electrons. The Balaban J connectivity index is 2.67. The molecule has 1 aromatic rings. The van der Waals surface area contributed by atoms with Crippen LogP contribution in [-0.2, 0) is 13.1 Å². The molecule has 4 nitrogen and oxygen atoms in total. The van der Waals surface area contributed by atoms with Gasteiger partial charge in [0.15, 0.2) is 0 Å². The monoisotopic (exact) mass is 225 g/mol. The van der Waals surface area contributed by atoms with Crippen LogP contribution in [0.2, 0.25) is 0 Å². The molecule has 0 fully saturated rings. The molecule has 0 saturated heterocycles. The third kappa shape index (κ3) is 3.06. The Morgan fingerprint density at radius 1 is 1.56 bits per heavy atom. The van der Waals surface area contributed by atoms with Gasteiger partial charge in [0.05, 0.1) is 17.5 Å². The number of nitrogens with one attached hydrogen (secondary N) is 1. The van der Waals surface area contributed by atoms with Crippen molar-refractivity contribution < 1.29 is 5.11 Å². The van der Waals surface area contributed by atoms with Crippen molar-refractivity contribution in [3.8, 4) is 0 Å². The van der Waals surface area contributed by atoms with E-state index in [0.29, 0.717) is 0 Å². The minimum atomic E-state index is -0.383. The van der Waals surface area contributed by atoms with Crippen molar-refractivity contribution in [1.29, 1.82) is 0 Å². The van der Waals surface area contributed by atoms with Gasteiger partial charge in [0.25, 0.3) is 0 Å². The first-order valence-electron chi connectivity index (χ1n) is 5.83. The molecule has 4 heteroatoms. The fourth-order valence-corrected chi connectivity index (χ4v) is 1.48. The molecule has 0 aliphatic rings. The smallest absolute Gasteiger partial charge is 0.0688 e. The zero-order valence-corrected chi connectivity index (χ0v) is 10.9. The minimum absolute atomic E-state index is 0.281. The van der Waals surface area contributed by atoms with E-state index in [1.54, 1.807) is 6.92 Å². The first kappa shape index (κ1) is 13.2. The van der Waals surface area contributed by atoms with Gasteiger partial charge in [0.1, 0.15) is 0 Å². The Hall–Kier alpha value is -0.870. The van der Waals surface area contributed by atoms with E-state index in [4.69, 9.17) is 0 Å². The normalized spacial score (nSPS) is 14.1. The standard InChI is InChI=1S/C12H23N3O/c1-6-15-11(7-9(2)14-15)8-13-12(4,5)10(3)16/h7,10,13,16H,6,8H2,1-5H3. The topological polar surface area (TPSA) is 50.1 Å². The molecule has 16 heavy (non-hydrogen) atoms. The molecule has 0 spiro atoms. The van der Waals surface area contributed by atoms with Crippen LogP contribution in [0.3, 0.4) is 0 Å². The maximum atomic E-state index is 9.60. The summed E-state index contributed by atoms with van der Waals surface area (Å²) in [6.07, 6.45) is -0.383. The van der Waals surface area contributed by atoms with E-state index in [0.717, 1.165) is 24.5 Å². The lowest BCUT2D eigenvalue weighted by Crippen LogP contribution is -2.47. The van der Waals surface area contributed by atoms with Crippen molar-refractivity contribution in [3.63, 3.8) is 0 Å². The molecule has 1 heterocycles. The number of aryl methyl sites for hydroxylation is 2. The summed E-state index contributed by atoms with van der Waals surface area (Å²) in [6.45, 7) is 11.5. The van der Waals surface area contributed by atoms with E-state index in [2.05, 4.69) is 23.4 Å². The number of rotatable bonds is 5. The highest BCUT2D eigenvalue weighted by atomic mass is 16.3. The lowest BCUT2D eigenvalue weighted by molar-refractivity contribution is 0.0951. The first-order chi connectivity index (χ1) is 7.36. The van der Waals surface area contributed by atoms with Crippen LogP contribution < -0.4 is 5.32 Å². The van der Waals surface area contributed by atoms with Gasteiger partial charge in [-0.05, 0) is 40.7 Å². The molecular formula is C12H23N3O. The summed E-state index contributed by atoms with van der Waals surface area (Å²) in [5.74, 6) is 0. The molecule has 0 aliphatic carbocycles. The third-order valence-corrected chi connectivity index (χ3v) is 3.05. The van der Waals surface area contributed by atoms with Crippen LogP contribution in [0.15, 0.2) is 6.07 Å². The Kier molecular flexibility index (Phi) is 4.10. The zero-order valence-electron chi connectivity index (χ0n) is 10.9. The summed E-state index contributed by atoms with van der Waals surface area (Å²) in [7, 11) is 0. The van der Waals surface area contributed by atoms with Gasteiger partial charge in [-0.2, -0.15) is 5.10 Å². The maximum Gasteiger partial charge on any atom is 0.0688 e. The van der Waals surface area contributed by atoms with Gasteiger partial charge >= 0.3 is 0 Å². The van der Waals surface area contributed by atoms with Crippen molar-refractivity contribution >= 4 is 0 Å². The van der Waals surface area contributed by atoms with E-state index >= 15 is 0 Å². The summed E-state index contributed by atoms with van der Waals surface area (Å²) >= 11 is 0. The SMILES string of the molecule is CCn1nc(C)cc1CNC(C)(C)C(C)O. The molecule has 1 aromatic heterocycles. The molecule has 2 N–H and O–H groups in total. The van der Waals surface area contributed by atoms with Crippen molar-refractivity contribution in [1.82, 2.24) is 15.1 Å². The third-order valence-electron chi connectivity index (χ3n) is 3.05. The molecule has 1 unspecified atom stereocenters. The molecule has 0 aliphatic heterocycles. The van der Waals surface area contributed by atoms with Crippen LogP contribution >= 0.6 is 0 Å². The number of nitrogens with zero attached hydrogens (tertiary/aromatic N) is 2. The molecule has 0 radical (unpaired) electrons. The van der Waals surface area contributed by atoms with Crippen LogP contribution in [0.4, 0.5) is 0 Å². The van der Waals surface area contributed by atoms with E-state index in [9.17, 15) is 5.11 Å². The maximum absolute atomic E-state index is 9.60. The number of hydrogen-bond acceptors (Lipinski definition) is 3. The van der Waals surface area contributed by atoms with Gasteiger partial charge in [0.2, 0.25) is 0 Å². The van der Waals surface area contributed by atoms with Gasteiger partial charge < -0.3 is 10.4 Å². The van der Waals surface area contributed by atoms with E-state index in [-0.39, 0.29) is 11.6 Å². The Morgan fingerprint density at radius 2 is 2.19 bits per heavy atom. The number of aromatic nitrogens is 2. The highest BCUT2D eigenvalue weighted by Gasteiger charge is 2.23. The molecule has 1 atom stereocenters. The van der Waals surface area contributed by atoms with Crippen LogP contribution in [0.1, 0.15) is 39.1 Å². The summed E-state index contributed by atoms with van der Waals surface area (Å²) in [6, 6.07) is 2.08. The fourth-order valence-electron chi connectivity index (χ4n) is 1.48. The quantitative estimate of drug-likeness (QED) is 0.797. The van der Waals surface area contributed by atoms with E-state index in [1.165, 1.54) is 0 Å². The molecule has 0 amide bonds. The van der Waals surface area contributed by atoms with Crippen molar-refractivity contribution in [2.45, 2.75) is 59.4 Å². The van der Waals surface area contributed by atoms with Gasteiger partial charge in [0, 0.05) is 18.6 Å². The van der Waals surface area contributed by atoms with Crippen LogP contribution in [-0.4, -0.2) is 26.5 Å². The largest absolute Gasteiger partial charge is 0.392 e. The molecule has 0 aromatic carbocycles. The zero-order chi connectivity index (χ0) is 12.3. The van der Waals surface area contributed by atoms with Gasteiger partial charge in [-0.3, -0.25) is 4.68 Å². The van der Waals surface area contributed by atoms with Crippen molar-refractivity contribution in [2.75, 3.05) is 0 Å². The number of aliphatic hydroxyl groups is 1. The second-order valence-corrected chi connectivity index (χ2v) is 4.84. The molecular weight excluding hydrogens is 202 g/mol. The van der Waals surface area contributed by atoms with Crippen LogP contribution in [0.25, 0.3) is 0 Å². The van der Waals surface area contributed by atoms with Gasteiger partial charge in [-0.1, -0.05) is 0 Å². The summed E-state index contributed by atoms with van der Waals surface area (Å²) in [4.78, 5) is 0. The van der Waals surface area contributed by atoms with Crippen LogP contribution in [0, 0.1) is 6.92 Å². The Labute approximate surface area is 97.7 Å². The Bertz CT molecular complexity index is 342. The van der Waals surface area contributed by atoms with E-state index in [1.807, 2.05) is 25.5 Å². The lowest BCUT2D eigenvalue weighted by Gasteiger charge is -2.29. The van der Waals surface area contributed by atoms with Crippen LogP contribution in [0.5, 0.6) is 0 Å². The predicted octanol–water partition coefficient (Wildman–Crippen LogP) is 1.46. The average Bonchev–Trinajstić information content (AvgIpc) is 2.56. The first-order valence-corrected chi connectivity index (χ1v) is 5.83. The average molecular weight is 225 g/mol. The lowest BCUT2D eigenvalue weighted by atomic mass is 9.99. The summed E-state index contributed by atoms with van der Waals surface area (Å²) in [5.41, 5.74) is 1.92. The Morgan fingerprint density at radius 3 is 2.69 bits per heavy atom. The van der Waals surface area contributed by atoms with Crippen molar-refractivity contribution in [2.24, 2.45) is 0 Å². The molecule has 0 saturated carbocycles. The van der Waals surface area contributed by atoms with Gasteiger partial charge in [-0.25, -0.2) is 0 Å². The highest BCUT2D eigenvalue weighted by Crippen LogP contribution is 2.11. The minimum Gasteiger partial charge on any atom is -0.392 e. The summed E-state index contributed by atoms with van der Waals surface area (Å²) < 4.78 is 1.99. The van der Waals surface area contributed by atoms with Gasteiger partial charge in [-0.15, -0.1) is 0 Å². The number of hydrogen-bond donors (Lipinski definition) is 2. The van der Waals surface area contributed by atoms with Crippen molar-refractivity contribution in [3.05, 3.63) is 17.5 Å².